The van der Waals surface area contributed by atoms with Crippen LogP contribution in [0.4, 0.5) is 10.1 Å². The normalized spacial score (nSPS) is 11.3. The number of aromatic nitrogens is 1. The summed E-state index contributed by atoms with van der Waals surface area (Å²) in [5, 5.41) is 13.3. The van der Waals surface area contributed by atoms with Crippen molar-refractivity contribution in [2.45, 2.75) is 33.3 Å². The van der Waals surface area contributed by atoms with Crippen LogP contribution in [0.5, 0.6) is 5.75 Å². The molecule has 3 rings (SSSR count). The summed E-state index contributed by atoms with van der Waals surface area (Å²) in [6.07, 6.45) is 0.482. The molecule has 0 aliphatic rings. The van der Waals surface area contributed by atoms with Gasteiger partial charge in [0.1, 0.15) is 23.6 Å². The fourth-order valence-electron chi connectivity index (χ4n) is 3.48. The molecule has 0 saturated carbocycles. The SMILES string of the molecule is CCC(CC)(C(=O)O)C(=O)CNc1cccc(OCc2ccc3ccc(F)cc3n2)c1. The summed E-state index contributed by atoms with van der Waals surface area (Å²) >= 11 is 0. The van der Waals surface area contributed by atoms with E-state index >= 15 is 0 Å². The number of carboxylic acid groups (broad SMARTS) is 1. The van der Waals surface area contributed by atoms with Gasteiger partial charge in [0.05, 0.1) is 17.8 Å². The molecule has 0 fully saturated rings. The molecule has 0 radical (unpaired) electrons. The summed E-state index contributed by atoms with van der Waals surface area (Å²) < 4.78 is 19.2. The second-order valence-corrected chi connectivity index (χ2v) is 7.33. The maximum Gasteiger partial charge on any atom is 0.317 e. The Balaban J connectivity index is 1.64. The van der Waals surface area contributed by atoms with Gasteiger partial charge in [-0.05, 0) is 43.2 Å². The lowest BCUT2D eigenvalue weighted by molar-refractivity contribution is -0.155. The number of hydrogen-bond donors (Lipinski definition) is 2. The lowest BCUT2D eigenvalue weighted by Gasteiger charge is -2.25. The zero-order chi connectivity index (χ0) is 22.4. The molecule has 2 N–H and O–H groups in total. The van der Waals surface area contributed by atoms with Crippen LogP contribution in [0.25, 0.3) is 10.9 Å². The topological polar surface area (TPSA) is 88.5 Å². The Morgan fingerprint density at radius 1 is 1.10 bits per heavy atom. The second-order valence-electron chi connectivity index (χ2n) is 7.33. The van der Waals surface area contributed by atoms with Crippen LogP contribution in [0.15, 0.2) is 54.6 Å². The van der Waals surface area contributed by atoms with Crippen LogP contribution in [0.3, 0.4) is 0 Å². The van der Waals surface area contributed by atoms with E-state index in [1.54, 1.807) is 44.2 Å². The molecule has 3 aromatic rings. The molecule has 31 heavy (non-hydrogen) atoms. The maximum absolute atomic E-state index is 13.4. The molecule has 1 heterocycles. The van der Waals surface area contributed by atoms with Crippen molar-refractivity contribution >= 4 is 28.3 Å². The molecule has 0 amide bonds. The van der Waals surface area contributed by atoms with E-state index in [-0.39, 0.29) is 37.6 Å². The first-order chi connectivity index (χ1) is 14.9. The van der Waals surface area contributed by atoms with Gasteiger partial charge in [-0.2, -0.15) is 0 Å². The van der Waals surface area contributed by atoms with E-state index < -0.39 is 11.4 Å². The van der Waals surface area contributed by atoms with Crippen molar-refractivity contribution in [3.63, 3.8) is 0 Å². The lowest BCUT2D eigenvalue weighted by Crippen LogP contribution is -2.41. The minimum atomic E-state index is -1.37. The third-order valence-electron chi connectivity index (χ3n) is 5.54. The third-order valence-corrected chi connectivity index (χ3v) is 5.54. The number of benzene rings is 2. The average Bonchev–Trinajstić information content (AvgIpc) is 2.77. The Morgan fingerprint density at radius 3 is 2.55 bits per heavy atom. The number of nitrogens with zero attached hydrogens (tertiary/aromatic N) is 1. The van der Waals surface area contributed by atoms with Crippen LogP contribution in [-0.2, 0) is 16.2 Å². The Morgan fingerprint density at radius 2 is 1.84 bits per heavy atom. The quantitative estimate of drug-likeness (QED) is 0.454. The number of hydrogen-bond acceptors (Lipinski definition) is 5. The van der Waals surface area contributed by atoms with E-state index in [0.29, 0.717) is 22.6 Å². The molecule has 0 atom stereocenters. The first-order valence-corrected chi connectivity index (χ1v) is 10.2. The van der Waals surface area contributed by atoms with Crippen LogP contribution in [0.2, 0.25) is 0 Å². The van der Waals surface area contributed by atoms with Gasteiger partial charge in [0, 0.05) is 23.2 Å². The van der Waals surface area contributed by atoms with Crippen LogP contribution in [-0.4, -0.2) is 28.4 Å². The van der Waals surface area contributed by atoms with E-state index in [1.165, 1.54) is 12.1 Å². The fourth-order valence-corrected chi connectivity index (χ4v) is 3.48. The number of halogens is 1. The molecule has 162 valence electrons. The highest BCUT2D eigenvalue weighted by Gasteiger charge is 2.41. The van der Waals surface area contributed by atoms with E-state index in [1.807, 2.05) is 12.1 Å². The number of pyridine rings is 1. The number of Topliss-reactive ketones (excluding diaryl/α,β-unsaturated/α-hetero) is 1. The van der Waals surface area contributed by atoms with Crippen molar-refractivity contribution in [1.29, 1.82) is 0 Å². The zero-order valence-corrected chi connectivity index (χ0v) is 17.5. The van der Waals surface area contributed by atoms with Crippen LogP contribution >= 0.6 is 0 Å². The lowest BCUT2D eigenvalue weighted by atomic mass is 9.78. The van der Waals surface area contributed by atoms with Crippen molar-refractivity contribution in [3.8, 4) is 5.75 Å². The predicted molar refractivity (Wildman–Crippen MR) is 117 cm³/mol. The number of anilines is 1. The van der Waals surface area contributed by atoms with E-state index in [2.05, 4.69) is 10.3 Å². The molecule has 0 spiro atoms. The molecular weight excluding hydrogens is 399 g/mol. The number of carbonyl (C=O) groups is 2. The summed E-state index contributed by atoms with van der Waals surface area (Å²) in [6, 6.07) is 15.2. The van der Waals surface area contributed by atoms with Crippen molar-refractivity contribution in [3.05, 3.63) is 66.1 Å². The van der Waals surface area contributed by atoms with Gasteiger partial charge in [-0.1, -0.05) is 26.0 Å². The molecule has 0 aliphatic carbocycles. The number of rotatable bonds is 10. The highest BCUT2D eigenvalue weighted by Crippen LogP contribution is 2.28. The standard InChI is InChI=1S/C24H25FN2O4/c1-3-24(4-2,23(29)30)22(28)14-26-18-6-5-7-20(13-18)31-15-19-11-9-16-8-10-17(25)12-21(16)27-19/h5-13,26H,3-4,14-15H2,1-2H3,(H,29,30). The van der Waals surface area contributed by atoms with Crippen LogP contribution in [0.1, 0.15) is 32.4 Å². The Kier molecular flexibility index (Phi) is 6.84. The van der Waals surface area contributed by atoms with Gasteiger partial charge >= 0.3 is 5.97 Å². The molecule has 7 heteroatoms. The van der Waals surface area contributed by atoms with Gasteiger partial charge in [0.25, 0.3) is 0 Å². The molecule has 0 unspecified atom stereocenters. The molecule has 6 nitrogen and oxygen atoms in total. The number of ketones is 1. The number of carbonyl (C=O) groups excluding carboxylic acids is 1. The molecule has 0 bridgehead atoms. The summed E-state index contributed by atoms with van der Waals surface area (Å²) in [7, 11) is 0. The summed E-state index contributed by atoms with van der Waals surface area (Å²) in [6.45, 7) is 3.52. The number of nitrogens with one attached hydrogen (secondary N) is 1. The first-order valence-electron chi connectivity index (χ1n) is 10.2. The Labute approximate surface area is 180 Å². The number of aliphatic carboxylic acids is 1. The van der Waals surface area contributed by atoms with Crippen molar-refractivity contribution in [2.75, 3.05) is 11.9 Å². The maximum atomic E-state index is 13.4. The molecular formula is C24H25FN2O4. The second kappa shape index (κ2) is 9.55. The van der Waals surface area contributed by atoms with Crippen LogP contribution in [0, 0.1) is 11.2 Å². The molecule has 2 aromatic carbocycles. The van der Waals surface area contributed by atoms with Gasteiger partial charge in [-0.3, -0.25) is 9.59 Å². The summed E-state index contributed by atoms with van der Waals surface area (Å²) in [4.78, 5) is 28.6. The minimum absolute atomic E-state index is 0.0881. The molecule has 1 aromatic heterocycles. The monoisotopic (exact) mass is 424 g/mol. The van der Waals surface area contributed by atoms with Gasteiger partial charge in [-0.25, -0.2) is 9.37 Å². The zero-order valence-electron chi connectivity index (χ0n) is 17.5. The Hall–Kier alpha value is -3.48. The van der Waals surface area contributed by atoms with Gasteiger partial charge in [0.15, 0.2) is 5.78 Å². The highest BCUT2D eigenvalue weighted by atomic mass is 19.1. The number of fused-ring (bicyclic) bond motifs is 1. The third kappa shape index (κ3) is 4.99. The van der Waals surface area contributed by atoms with Crippen molar-refractivity contribution in [1.82, 2.24) is 4.98 Å². The van der Waals surface area contributed by atoms with Gasteiger partial charge < -0.3 is 15.2 Å². The molecule has 0 aliphatic heterocycles. The van der Waals surface area contributed by atoms with Crippen molar-refractivity contribution in [2.24, 2.45) is 5.41 Å². The largest absolute Gasteiger partial charge is 0.487 e. The average molecular weight is 424 g/mol. The summed E-state index contributed by atoms with van der Waals surface area (Å²) in [5.74, 6) is -1.23. The minimum Gasteiger partial charge on any atom is -0.487 e. The Bertz CT molecular complexity index is 1100. The van der Waals surface area contributed by atoms with Crippen molar-refractivity contribution < 1.29 is 23.8 Å². The summed E-state index contributed by atoms with van der Waals surface area (Å²) in [5.41, 5.74) is 0.487. The number of carboxylic acids is 1. The highest BCUT2D eigenvalue weighted by molar-refractivity contribution is 6.04. The number of ether oxygens (including phenoxy) is 1. The fraction of sp³-hybridized carbons (Fsp3) is 0.292. The van der Waals surface area contributed by atoms with Gasteiger partial charge in [0.2, 0.25) is 0 Å². The first kappa shape index (κ1) is 22.2. The van der Waals surface area contributed by atoms with E-state index in [4.69, 9.17) is 4.74 Å². The van der Waals surface area contributed by atoms with E-state index in [0.717, 1.165) is 5.39 Å². The van der Waals surface area contributed by atoms with E-state index in [9.17, 15) is 19.1 Å². The smallest absolute Gasteiger partial charge is 0.317 e. The predicted octanol–water partition coefficient (Wildman–Crippen LogP) is 4.82. The van der Waals surface area contributed by atoms with Gasteiger partial charge in [-0.15, -0.1) is 0 Å². The molecule has 0 saturated heterocycles. The van der Waals surface area contributed by atoms with Crippen LogP contribution < -0.4 is 10.1 Å².